The summed E-state index contributed by atoms with van der Waals surface area (Å²) in [6, 6.07) is 1.88. The summed E-state index contributed by atoms with van der Waals surface area (Å²) in [6.07, 6.45) is 4.02. The molecule has 1 saturated heterocycles. The predicted molar refractivity (Wildman–Crippen MR) is 82.8 cm³/mol. The van der Waals surface area contributed by atoms with E-state index in [9.17, 15) is 9.59 Å². The molecule has 6 nitrogen and oxygen atoms in total. The second-order valence-electron chi connectivity index (χ2n) is 5.93. The second kappa shape index (κ2) is 5.02. The van der Waals surface area contributed by atoms with Gasteiger partial charge in [0.15, 0.2) is 5.65 Å². The number of hydrogen-bond donors (Lipinski definition) is 0. The van der Waals surface area contributed by atoms with Crippen molar-refractivity contribution in [2.75, 3.05) is 18.0 Å². The number of aromatic nitrogens is 3. The molecule has 1 aliphatic heterocycles. The van der Waals surface area contributed by atoms with Crippen molar-refractivity contribution in [2.45, 2.75) is 19.8 Å². The first-order chi connectivity index (χ1) is 10.0. The van der Waals surface area contributed by atoms with E-state index in [1.165, 1.54) is 18.0 Å². The van der Waals surface area contributed by atoms with Gasteiger partial charge in [-0.2, -0.15) is 0 Å². The van der Waals surface area contributed by atoms with Crippen LogP contribution < -0.4 is 16.1 Å². The molecule has 1 aliphatic rings. The number of anilines is 1. The zero-order valence-electron chi connectivity index (χ0n) is 12.7. The normalized spacial score (nSPS) is 19.2. The fourth-order valence-corrected chi connectivity index (χ4v) is 3.14. The summed E-state index contributed by atoms with van der Waals surface area (Å²) in [5.74, 6) is 0.610. The highest BCUT2D eigenvalue weighted by molar-refractivity contribution is 5.88. The summed E-state index contributed by atoms with van der Waals surface area (Å²) >= 11 is 0. The second-order valence-corrected chi connectivity index (χ2v) is 5.93. The molecule has 2 aromatic heterocycles. The van der Waals surface area contributed by atoms with Crippen molar-refractivity contribution in [3.8, 4) is 0 Å². The lowest BCUT2D eigenvalue weighted by atomic mass is 9.99. The van der Waals surface area contributed by atoms with Crippen LogP contribution in [0.15, 0.2) is 21.9 Å². The van der Waals surface area contributed by atoms with Crippen LogP contribution in [0, 0.1) is 5.92 Å². The summed E-state index contributed by atoms with van der Waals surface area (Å²) in [5, 5.41) is 0.538. The van der Waals surface area contributed by atoms with Gasteiger partial charge in [0.2, 0.25) is 0 Å². The molecule has 2 aromatic rings. The molecular weight excluding hydrogens is 268 g/mol. The molecule has 1 unspecified atom stereocenters. The Balaban J connectivity index is 2.30. The Morgan fingerprint density at radius 3 is 2.71 bits per heavy atom. The Kier molecular flexibility index (Phi) is 3.31. The summed E-state index contributed by atoms with van der Waals surface area (Å²) in [7, 11) is 3.17. The molecular formula is C15H20N4O2. The van der Waals surface area contributed by atoms with Crippen molar-refractivity contribution in [1.29, 1.82) is 0 Å². The first kappa shape index (κ1) is 13.9. The third-order valence-corrected chi connectivity index (χ3v) is 4.32. The number of rotatable bonds is 1. The van der Waals surface area contributed by atoms with Gasteiger partial charge < -0.3 is 4.90 Å². The largest absolute Gasteiger partial charge is 0.370 e. The first-order valence-corrected chi connectivity index (χ1v) is 7.30. The van der Waals surface area contributed by atoms with Crippen LogP contribution in [-0.2, 0) is 14.1 Å². The number of pyridine rings is 1. The molecule has 0 spiro atoms. The van der Waals surface area contributed by atoms with Crippen LogP contribution in [0.5, 0.6) is 0 Å². The molecule has 1 atom stereocenters. The zero-order chi connectivity index (χ0) is 15.1. The summed E-state index contributed by atoms with van der Waals surface area (Å²) in [4.78, 5) is 31.0. The molecule has 0 aromatic carbocycles. The molecule has 0 bridgehead atoms. The molecule has 6 heteroatoms. The summed E-state index contributed by atoms with van der Waals surface area (Å²) in [5.41, 5.74) is 0.736. The van der Waals surface area contributed by atoms with E-state index < -0.39 is 0 Å². The molecule has 0 saturated carbocycles. The number of fused-ring (bicyclic) bond motifs is 1. The van der Waals surface area contributed by atoms with Gasteiger partial charge in [0.05, 0.1) is 5.69 Å². The van der Waals surface area contributed by atoms with Gasteiger partial charge in [0.1, 0.15) is 5.39 Å². The highest BCUT2D eigenvalue weighted by atomic mass is 16.2. The molecule has 3 heterocycles. The predicted octanol–water partition coefficient (Wildman–Crippen LogP) is 0.868. The van der Waals surface area contributed by atoms with Crippen molar-refractivity contribution in [3.63, 3.8) is 0 Å². The quantitative estimate of drug-likeness (QED) is 0.781. The maximum Gasteiger partial charge on any atom is 0.332 e. The van der Waals surface area contributed by atoms with Crippen molar-refractivity contribution in [1.82, 2.24) is 14.1 Å². The summed E-state index contributed by atoms with van der Waals surface area (Å²) < 4.78 is 2.59. The molecule has 21 heavy (non-hydrogen) atoms. The van der Waals surface area contributed by atoms with E-state index >= 15 is 0 Å². The first-order valence-electron chi connectivity index (χ1n) is 7.30. The molecule has 112 valence electrons. The lowest BCUT2D eigenvalue weighted by Crippen LogP contribution is -2.39. The van der Waals surface area contributed by atoms with E-state index in [1.54, 1.807) is 13.2 Å². The monoisotopic (exact) mass is 288 g/mol. The zero-order valence-corrected chi connectivity index (χ0v) is 12.7. The van der Waals surface area contributed by atoms with E-state index in [4.69, 9.17) is 0 Å². The van der Waals surface area contributed by atoms with E-state index in [0.29, 0.717) is 17.0 Å². The standard InChI is InChI=1S/C15H20N4O2/c1-10-5-4-8-19(9-10)11-6-7-16-13-12(11)14(20)18(3)15(21)17(13)2/h6-7,10H,4-5,8-9H2,1-3H3. The van der Waals surface area contributed by atoms with Crippen LogP contribution in [-0.4, -0.2) is 27.2 Å². The van der Waals surface area contributed by atoms with Gasteiger partial charge in [-0.15, -0.1) is 0 Å². The van der Waals surface area contributed by atoms with Gasteiger partial charge in [-0.05, 0) is 24.8 Å². The van der Waals surface area contributed by atoms with Crippen LogP contribution >= 0.6 is 0 Å². The third kappa shape index (κ3) is 2.14. The van der Waals surface area contributed by atoms with Gasteiger partial charge in [0.25, 0.3) is 5.56 Å². The molecule has 0 amide bonds. The lowest BCUT2D eigenvalue weighted by Gasteiger charge is -2.33. The maximum atomic E-state index is 12.5. The SMILES string of the molecule is CC1CCCN(c2ccnc3c2c(=O)n(C)c(=O)n3C)C1. The Bertz CT molecular complexity index is 806. The number of aryl methyl sites for hydroxylation is 1. The molecule has 0 radical (unpaired) electrons. The molecule has 1 fully saturated rings. The maximum absolute atomic E-state index is 12.5. The average Bonchev–Trinajstić information content (AvgIpc) is 2.50. The van der Waals surface area contributed by atoms with E-state index in [2.05, 4.69) is 16.8 Å². The van der Waals surface area contributed by atoms with E-state index in [0.717, 1.165) is 29.8 Å². The molecule has 3 rings (SSSR count). The number of hydrogen-bond acceptors (Lipinski definition) is 4. The Hall–Kier alpha value is -2.11. The minimum absolute atomic E-state index is 0.269. The van der Waals surface area contributed by atoms with Gasteiger partial charge in [-0.1, -0.05) is 6.92 Å². The molecule has 0 aliphatic carbocycles. The van der Waals surface area contributed by atoms with Crippen molar-refractivity contribution >= 4 is 16.7 Å². The summed E-state index contributed by atoms with van der Waals surface area (Å²) in [6.45, 7) is 4.10. The van der Waals surface area contributed by atoms with Crippen molar-refractivity contribution in [2.24, 2.45) is 20.0 Å². The van der Waals surface area contributed by atoms with Crippen LogP contribution in [0.1, 0.15) is 19.8 Å². The lowest BCUT2D eigenvalue weighted by molar-refractivity contribution is 0.447. The van der Waals surface area contributed by atoms with Gasteiger partial charge in [0, 0.05) is 33.4 Å². The molecule has 0 N–H and O–H groups in total. The Labute approximate surface area is 122 Å². The minimum Gasteiger partial charge on any atom is -0.370 e. The Morgan fingerprint density at radius 1 is 1.24 bits per heavy atom. The Morgan fingerprint density at radius 2 is 2.00 bits per heavy atom. The fraction of sp³-hybridized carbons (Fsp3) is 0.533. The van der Waals surface area contributed by atoms with Crippen LogP contribution in [0.25, 0.3) is 11.0 Å². The smallest absolute Gasteiger partial charge is 0.332 e. The van der Waals surface area contributed by atoms with Crippen LogP contribution in [0.2, 0.25) is 0 Å². The highest BCUT2D eigenvalue weighted by Gasteiger charge is 2.21. The van der Waals surface area contributed by atoms with Crippen LogP contribution in [0.3, 0.4) is 0 Å². The topological polar surface area (TPSA) is 60.1 Å². The fourth-order valence-electron chi connectivity index (χ4n) is 3.14. The van der Waals surface area contributed by atoms with Crippen molar-refractivity contribution < 1.29 is 0 Å². The number of nitrogens with zero attached hydrogens (tertiary/aromatic N) is 4. The van der Waals surface area contributed by atoms with E-state index in [1.807, 2.05) is 6.07 Å². The van der Waals surface area contributed by atoms with Gasteiger partial charge >= 0.3 is 5.69 Å². The van der Waals surface area contributed by atoms with Gasteiger partial charge in [-0.3, -0.25) is 13.9 Å². The van der Waals surface area contributed by atoms with Gasteiger partial charge in [-0.25, -0.2) is 9.78 Å². The van der Waals surface area contributed by atoms with Crippen LogP contribution in [0.4, 0.5) is 5.69 Å². The third-order valence-electron chi connectivity index (χ3n) is 4.32. The number of piperidine rings is 1. The average molecular weight is 288 g/mol. The highest BCUT2D eigenvalue weighted by Crippen LogP contribution is 2.26. The van der Waals surface area contributed by atoms with Crippen molar-refractivity contribution in [3.05, 3.63) is 33.1 Å². The van der Waals surface area contributed by atoms with E-state index in [-0.39, 0.29) is 11.2 Å². The minimum atomic E-state index is -0.343.